The zero-order valence-electron chi connectivity index (χ0n) is 17.1. The van der Waals surface area contributed by atoms with Crippen LogP contribution in [0.15, 0.2) is 41.8 Å². The third-order valence-electron chi connectivity index (χ3n) is 4.02. The van der Waals surface area contributed by atoms with Crippen LogP contribution in [0, 0.1) is 5.41 Å². The molecule has 0 radical (unpaired) electrons. The van der Waals surface area contributed by atoms with Gasteiger partial charge in [0.1, 0.15) is 0 Å². The van der Waals surface area contributed by atoms with Crippen molar-refractivity contribution in [2.75, 3.05) is 6.54 Å². The van der Waals surface area contributed by atoms with Crippen LogP contribution in [0.1, 0.15) is 53.0 Å². The standard InChI is InChI=1S/C20H32N6.HI/c1-6-21-19(25-16(2)8-10-20(3,4)5)23-15-17-9-12-22-18(14-17)26-13-7-11-24-26;/h7,9,11-14,16H,6,8,10,15H2,1-5H3,(H2,21,23,25);1H. The minimum Gasteiger partial charge on any atom is -0.357 e. The number of hydrogen-bond acceptors (Lipinski definition) is 3. The van der Waals surface area contributed by atoms with Crippen LogP contribution in [0.4, 0.5) is 0 Å². The molecule has 0 aliphatic carbocycles. The van der Waals surface area contributed by atoms with E-state index in [1.807, 2.05) is 24.4 Å². The molecular formula is C20H33IN6. The van der Waals surface area contributed by atoms with Gasteiger partial charge in [-0.25, -0.2) is 14.7 Å². The molecule has 1 atom stereocenters. The Hall–Kier alpha value is -1.64. The van der Waals surface area contributed by atoms with Crippen molar-refractivity contribution in [3.8, 4) is 5.82 Å². The first kappa shape index (κ1) is 23.4. The number of guanidine groups is 1. The summed E-state index contributed by atoms with van der Waals surface area (Å²) in [7, 11) is 0. The van der Waals surface area contributed by atoms with E-state index in [1.165, 1.54) is 6.42 Å². The Morgan fingerprint density at radius 2 is 2.07 bits per heavy atom. The van der Waals surface area contributed by atoms with Gasteiger partial charge in [-0.3, -0.25) is 0 Å². The normalized spacial score (nSPS) is 13.0. The molecule has 0 aromatic carbocycles. The number of nitrogens with one attached hydrogen (secondary N) is 2. The molecule has 2 N–H and O–H groups in total. The van der Waals surface area contributed by atoms with E-state index in [0.717, 1.165) is 30.3 Å². The maximum atomic E-state index is 4.73. The molecule has 0 aliphatic heterocycles. The van der Waals surface area contributed by atoms with Gasteiger partial charge in [-0.15, -0.1) is 24.0 Å². The fourth-order valence-electron chi connectivity index (χ4n) is 2.53. The Morgan fingerprint density at radius 1 is 1.30 bits per heavy atom. The number of aromatic nitrogens is 3. The number of aliphatic imine (C=N–C) groups is 1. The lowest BCUT2D eigenvalue weighted by Gasteiger charge is -2.23. The van der Waals surface area contributed by atoms with Crippen molar-refractivity contribution in [3.05, 3.63) is 42.4 Å². The number of rotatable bonds is 7. The summed E-state index contributed by atoms with van der Waals surface area (Å²) in [6.45, 7) is 12.6. The van der Waals surface area contributed by atoms with E-state index in [2.05, 4.69) is 55.3 Å². The van der Waals surface area contributed by atoms with Crippen LogP contribution < -0.4 is 10.6 Å². The molecule has 150 valence electrons. The predicted octanol–water partition coefficient (Wildman–Crippen LogP) is 4.16. The van der Waals surface area contributed by atoms with Crippen molar-refractivity contribution in [1.82, 2.24) is 25.4 Å². The van der Waals surface area contributed by atoms with E-state index < -0.39 is 0 Å². The van der Waals surface area contributed by atoms with Crippen molar-refractivity contribution in [2.45, 2.75) is 60.0 Å². The molecule has 7 heteroatoms. The van der Waals surface area contributed by atoms with E-state index in [4.69, 9.17) is 4.99 Å². The fourth-order valence-corrected chi connectivity index (χ4v) is 2.53. The van der Waals surface area contributed by atoms with E-state index in [1.54, 1.807) is 17.1 Å². The van der Waals surface area contributed by atoms with Crippen LogP contribution >= 0.6 is 24.0 Å². The minimum absolute atomic E-state index is 0. The molecule has 0 saturated carbocycles. The van der Waals surface area contributed by atoms with Crippen LogP contribution in [0.25, 0.3) is 5.82 Å². The lowest BCUT2D eigenvalue weighted by molar-refractivity contribution is 0.346. The second kappa shape index (κ2) is 11.3. The van der Waals surface area contributed by atoms with Gasteiger partial charge in [0.2, 0.25) is 0 Å². The molecule has 0 aliphatic rings. The molecule has 2 rings (SSSR count). The van der Waals surface area contributed by atoms with Crippen LogP contribution in [-0.2, 0) is 6.54 Å². The van der Waals surface area contributed by atoms with Crippen LogP contribution in [0.2, 0.25) is 0 Å². The third-order valence-corrected chi connectivity index (χ3v) is 4.02. The zero-order valence-corrected chi connectivity index (χ0v) is 19.4. The fraction of sp³-hybridized carbons (Fsp3) is 0.550. The Labute approximate surface area is 180 Å². The molecule has 2 heterocycles. The second-order valence-corrected chi connectivity index (χ2v) is 7.81. The Morgan fingerprint density at radius 3 is 2.70 bits per heavy atom. The summed E-state index contributed by atoms with van der Waals surface area (Å²) in [4.78, 5) is 9.09. The van der Waals surface area contributed by atoms with E-state index in [-0.39, 0.29) is 24.0 Å². The molecule has 0 saturated heterocycles. The van der Waals surface area contributed by atoms with E-state index >= 15 is 0 Å². The van der Waals surface area contributed by atoms with Crippen LogP contribution in [0.3, 0.4) is 0 Å². The van der Waals surface area contributed by atoms with Crippen molar-refractivity contribution in [1.29, 1.82) is 0 Å². The summed E-state index contributed by atoms with van der Waals surface area (Å²) in [5.41, 5.74) is 1.45. The first-order valence-electron chi connectivity index (χ1n) is 9.37. The van der Waals surface area contributed by atoms with Gasteiger partial charge in [0.15, 0.2) is 11.8 Å². The first-order valence-corrected chi connectivity index (χ1v) is 9.37. The highest BCUT2D eigenvalue weighted by Gasteiger charge is 2.13. The molecule has 2 aromatic rings. The van der Waals surface area contributed by atoms with Gasteiger partial charge in [0, 0.05) is 31.2 Å². The van der Waals surface area contributed by atoms with Crippen molar-refractivity contribution < 1.29 is 0 Å². The molecule has 0 amide bonds. The monoisotopic (exact) mass is 484 g/mol. The number of hydrogen-bond donors (Lipinski definition) is 2. The molecule has 2 aromatic heterocycles. The maximum Gasteiger partial charge on any atom is 0.191 e. The Kier molecular flexibility index (Phi) is 9.76. The van der Waals surface area contributed by atoms with Gasteiger partial charge >= 0.3 is 0 Å². The minimum atomic E-state index is 0. The van der Waals surface area contributed by atoms with Gasteiger partial charge < -0.3 is 10.6 Å². The molecule has 27 heavy (non-hydrogen) atoms. The summed E-state index contributed by atoms with van der Waals surface area (Å²) in [6.07, 6.45) is 7.73. The van der Waals surface area contributed by atoms with Crippen molar-refractivity contribution in [3.63, 3.8) is 0 Å². The predicted molar refractivity (Wildman–Crippen MR) is 123 cm³/mol. The average molecular weight is 484 g/mol. The van der Waals surface area contributed by atoms with Crippen LogP contribution in [-0.4, -0.2) is 33.3 Å². The Bertz CT molecular complexity index is 691. The highest BCUT2D eigenvalue weighted by molar-refractivity contribution is 14.0. The number of halogens is 1. The van der Waals surface area contributed by atoms with Crippen LogP contribution in [0.5, 0.6) is 0 Å². The first-order chi connectivity index (χ1) is 12.4. The molecular weight excluding hydrogens is 451 g/mol. The maximum absolute atomic E-state index is 4.73. The van der Waals surface area contributed by atoms with Gasteiger partial charge in [-0.2, -0.15) is 5.10 Å². The number of nitrogens with zero attached hydrogens (tertiary/aromatic N) is 4. The quantitative estimate of drug-likeness (QED) is 0.352. The second-order valence-electron chi connectivity index (χ2n) is 7.81. The molecule has 1 unspecified atom stereocenters. The molecule has 6 nitrogen and oxygen atoms in total. The highest BCUT2D eigenvalue weighted by Crippen LogP contribution is 2.21. The molecule has 0 bridgehead atoms. The summed E-state index contributed by atoms with van der Waals surface area (Å²) in [6, 6.07) is 6.27. The zero-order chi connectivity index (χ0) is 19.0. The highest BCUT2D eigenvalue weighted by atomic mass is 127. The molecule has 0 spiro atoms. The lowest BCUT2D eigenvalue weighted by Crippen LogP contribution is -2.42. The largest absolute Gasteiger partial charge is 0.357 e. The van der Waals surface area contributed by atoms with Crippen molar-refractivity contribution >= 4 is 29.9 Å². The average Bonchev–Trinajstić information content (AvgIpc) is 3.12. The van der Waals surface area contributed by atoms with E-state index in [0.29, 0.717) is 18.0 Å². The summed E-state index contributed by atoms with van der Waals surface area (Å²) in [5.74, 6) is 1.66. The number of pyridine rings is 1. The topological polar surface area (TPSA) is 67.1 Å². The Balaban J connectivity index is 0.00000364. The van der Waals surface area contributed by atoms with Gasteiger partial charge in [-0.05, 0) is 55.9 Å². The summed E-state index contributed by atoms with van der Waals surface area (Å²) < 4.78 is 1.76. The SMILES string of the molecule is CCNC(=NCc1ccnc(-n2cccn2)c1)NC(C)CCC(C)(C)C.I. The van der Waals surface area contributed by atoms with Gasteiger partial charge in [0.05, 0.1) is 6.54 Å². The van der Waals surface area contributed by atoms with Crippen molar-refractivity contribution in [2.24, 2.45) is 10.4 Å². The lowest BCUT2D eigenvalue weighted by atomic mass is 9.89. The summed E-state index contributed by atoms with van der Waals surface area (Å²) in [5, 5.41) is 11.1. The van der Waals surface area contributed by atoms with E-state index in [9.17, 15) is 0 Å². The molecule has 0 fully saturated rings. The van der Waals surface area contributed by atoms with Gasteiger partial charge in [0.25, 0.3) is 0 Å². The summed E-state index contributed by atoms with van der Waals surface area (Å²) >= 11 is 0. The smallest absolute Gasteiger partial charge is 0.191 e. The van der Waals surface area contributed by atoms with Gasteiger partial charge in [-0.1, -0.05) is 20.8 Å². The third kappa shape index (κ3) is 8.73.